The summed E-state index contributed by atoms with van der Waals surface area (Å²) in [5.41, 5.74) is 12.2. The van der Waals surface area contributed by atoms with Gasteiger partial charge in [-0.3, -0.25) is 0 Å². The first-order valence-corrected chi connectivity index (χ1v) is 19.4. The maximum atomic E-state index is 6.69. The molecule has 0 aliphatic carbocycles. The first-order chi connectivity index (χ1) is 27.4. The summed E-state index contributed by atoms with van der Waals surface area (Å²) in [6.07, 6.45) is 0. The quantitative estimate of drug-likeness (QED) is 0.124. The van der Waals surface area contributed by atoms with E-state index in [9.17, 15) is 0 Å². The van der Waals surface area contributed by atoms with E-state index in [2.05, 4.69) is 152 Å². The summed E-state index contributed by atoms with van der Waals surface area (Å²) in [6.45, 7) is 0. The molecule has 10 radical (unpaired) electrons. The molecule has 0 nitrogen and oxygen atoms in total. The Hall–Kier alpha value is -5.96. The van der Waals surface area contributed by atoms with Crippen molar-refractivity contribution >= 4 is 120 Å². The van der Waals surface area contributed by atoms with Gasteiger partial charge in [0.25, 0.3) is 0 Å². The molecule has 0 atom stereocenters. The molecule has 9 aromatic carbocycles. The summed E-state index contributed by atoms with van der Waals surface area (Å²) in [6, 6.07) is 58.5. The monoisotopic (exact) mass is 714 g/mol. The van der Waals surface area contributed by atoms with Crippen molar-refractivity contribution in [2.24, 2.45) is 0 Å². The molecule has 0 bridgehead atoms. The molecule has 0 aliphatic heterocycles. The number of thiophene rings is 1. The van der Waals surface area contributed by atoms with Gasteiger partial charge < -0.3 is 0 Å². The van der Waals surface area contributed by atoms with Gasteiger partial charge in [-0.15, -0.1) is 27.7 Å². The van der Waals surface area contributed by atoms with Gasteiger partial charge >= 0.3 is 0 Å². The summed E-state index contributed by atoms with van der Waals surface area (Å²) in [7, 11) is 32.4. The van der Waals surface area contributed by atoms with E-state index in [1.807, 2.05) is 23.5 Å². The highest BCUT2D eigenvalue weighted by Crippen LogP contribution is 2.47. The zero-order chi connectivity index (χ0) is 38.1. The Kier molecular flexibility index (Phi) is 8.42. The molecule has 56 heavy (non-hydrogen) atoms. The Morgan fingerprint density at radius 3 is 1.29 bits per heavy atom. The van der Waals surface area contributed by atoms with Crippen LogP contribution in [0.2, 0.25) is 0 Å². The van der Waals surface area contributed by atoms with Crippen molar-refractivity contribution in [1.29, 1.82) is 0 Å². The SMILES string of the molecule is [B]c1c([B])c([B])c(-c2c3ccccc3c(-c3ccc(-c4ccc5sc6ccccc6c5c4-c4ccc(-c5ccccc5)cc4)cc3)c3ccccc23)c([B])c1[B]. The second-order valence-electron chi connectivity index (χ2n) is 14.3. The summed E-state index contributed by atoms with van der Waals surface area (Å²) >= 11 is 1.84. The van der Waals surface area contributed by atoms with E-state index in [1.54, 1.807) is 0 Å². The first-order valence-electron chi connectivity index (χ1n) is 18.5. The third-order valence-corrected chi connectivity index (χ3v) is 12.3. The fourth-order valence-electron chi connectivity index (χ4n) is 8.46. The van der Waals surface area contributed by atoms with Crippen molar-refractivity contribution in [2.45, 2.75) is 0 Å². The van der Waals surface area contributed by atoms with E-state index in [0.29, 0.717) is 16.5 Å². The summed E-state index contributed by atoms with van der Waals surface area (Å²) in [4.78, 5) is 0. The molecule has 0 amide bonds. The van der Waals surface area contributed by atoms with Crippen molar-refractivity contribution in [3.05, 3.63) is 164 Å². The van der Waals surface area contributed by atoms with E-state index in [4.69, 9.17) is 39.2 Å². The number of rotatable bonds is 5. The Morgan fingerprint density at radius 2 is 0.696 bits per heavy atom. The molecule has 0 saturated carbocycles. The van der Waals surface area contributed by atoms with Crippen LogP contribution in [-0.2, 0) is 0 Å². The van der Waals surface area contributed by atoms with E-state index >= 15 is 0 Å². The maximum Gasteiger partial charge on any atom is 0.113 e. The fraction of sp³-hybridized carbons (Fsp3) is 0. The lowest BCUT2D eigenvalue weighted by Crippen LogP contribution is -2.55. The first kappa shape index (κ1) is 34.5. The third kappa shape index (κ3) is 5.42. The average molecular weight is 714 g/mol. The molecule has 0 aliphatic rings. The Balaban J connectivity index is 1.17. The van der Waals surface area contributed by atoms with E-state index in [-0.39, 0.29) is 16.4 Å². The normalized spacial score (nSPS) is 11.6. The summed E-state index contributed by atoms with van der Waals surface area (Å²) in [5, 5.41) is 6.66. The zero-order valence-corrected chi connectivity index (χ0v) is 31.2. The van der Waals surface area contributed by atoms with Gasteiger partial charge in [0.15, 0.2) is 0 Å². The Labute approximate surface area is 337 Å². The fourth-order valence-corrected chi connectivity index (χ4v) is 9.57. The van der Waals surface area contributed by atoms with Crippen LogP contribution in [0.25, 0.3) is 97.4 Å². The highest BCUT2D eigenvalue weighted by molar-refractivity contribution is 7.26. The number of fused-ring (bicyclic) bond motifs is 5. The molecule has 0 N–H and O–H groups in total. The highest BCUT2D eigenvalue weighted by atomic mass is 32.1. The van der Waals surface area contributed by atoms with Gasteiger partial charge in [-0.2, -0.15) is 0 Å². The molecular weight excluding hydrogens is 687 g/mol. The Bertz CT molecular complexity index is 3080. The van der Waals surface area contributed by atoms with Crippen molar-refractivity contribution in [3.8, 4) is 55.6 Å². The molecule has 0 unspecified atom stereocenters. The van der Waals surface area contributed by atoms with Crippen molar-refractivity contribution in [3.63, 3.8) is 0 Å². The van der Waals surface area contributed by atoms with Gasteiger partial charge in [0.05, 0.1) is 0 Å². The lowest BCUT2D eigenvalue weighted by atomic mass is 9.59. The van der Waals surface area contributed by atoms with E-state index in [0.717, 1.165) is 43.8 Å². The van der Waals surface area contributed by atoms with Crippen LogP contribution in [0, 0.1) is 0 Å². The maximum absolute atomic E-state index is 6.69. The van der Waals surface area contributed by atoms with Crippen LogP contribution in [0.4, 0.5) is 0 Å². The van der Waals surface area contributed by atoms with Gasteiger partial charge in [-0.1, -0.05) is 163 Å². The molecule has 1 heterocycles. The number of benzene rings is 9. The zero-order valence-electron chi connectivity index (χ0n) is 30.4. The third-order valence-electron chi connectivity index (χ3n) is 11.2. The molecule has 0 spiro atoms. The Morgan fingerprint density at radius 1 is 0.268 bits per heavy atom. The van der Waals surface area contributed by atoms with Crippen LogP contribution in [-0.4, -0.2) is 39.2 Å². The van der Waals surface area contributed by atoms with Gasteiger partial charge in [0, 0.05) is 20.2 Å². The predicted octanol–water partition coefficient (Wildman–Crippen LogP) is 8.66. The standard InChI is InChI=1S/C50H27B5S/c51-46-45(47(52)49(54)50(55)48(46)53)43-36-14-6-4-12-34(36)41(35-13-5-7-15-37(35)43)31-24-20-30(21-25-31)33-26-27-40-44(38-16-8-9-17-39(38)56-40)42(33)32-22-18-29(19-23-32)28-10-2-1-3-11-28/h1-27H. The minimum Gasteiger partial charge on any atom is -0.135 e. The lowest BCUT2D eigenvalue weighted by molar-refractivity contribution is 1.59. The minimum absolute atomic E-state index is 0.202. The molecule has 248 valence electrons. The predicted molar refractivity (Wildman–Crippen MR) is 248 cm³/mol. The summed E-state index contributed by atoms with van der Waals surface area (Å²) in [5.74, 6) is 0. The van der Waals surface area contributed by atoms with Crippen molar-refractivity contribution in [1.82, 2.24) is 0 Å². The van der Waals surface area contributed by atoms with Crippen LogP contribution >= 0.6 is 11.3 Å². The number of hydrogen-bond donors (Lipinski definition) is 0. The van der Waals surface area contributed by atoms with Crippen LogP contribution in [0.1, 0.15) is 0 Å². The van der Waals surface area contributed by atoms with Crippen molar-refractivity contribution < 1.29 is 0 Å². The largest absolute Gasteiger partial charge is 0.135 e. The van der Waals surface area contributed by atoms with E-state index in [1.165, 1.54) is 48.0 Å². The second-order valence-corrected chi connectivity index (χ2v) is 15.3. The molecule has 0 saturated heterocycles. The van der Waals surface area contributed by atoms with Gasteiger partial charge in [-0.25, -0.2) is 0 Å². The van der Waals surface area contributed by atoms with Crippen molar-refractivity contribution in [2.75, 3.05) is 0 Å². The summed E-state index contributed by atoms with van der Waals surface area (Å²) < 4.78 is 2.56. The topological polar surface area (TPSA) is 0 Å². The minimum atomic E-state index is 0.202. The van der Waals surface area contributed by atoms with Gasteiger partial charge in [0.2, 0.25) is 0 Å². The molecule has 0 fully saturated rings. The number of hydrogen-bond acceptors (Lipinski definition) is 1. The van der Waals surface area contributed by atoms with Crippen LogP contribution < -0.4 is 27.3 Å². The second kappa shape index (κ2) is 13.7. The van der Waals surface area contributed by atoms with Crippen LogP contribution in [0.3, 0.4) is 0 Å². The molecule has 1 aromatic heterocycles. The molecule has 6 heteroatoms. The van der Waals surface area contributed by atoms with E-state index < -0.39 is 0 Å². The van der Waals surface area contributed by atoms with Crippen LogP contribution in [0.15, 0.2) is 164 Å². The molecule has 10 rings (SSSR count). The molecule has 10 aromatic rings. The average Bonchev–Trinajstić information content (AvgIpc) is 3.64. The smallest absolute Gasteiger partial charge is 0.113 e. The molecular formula is C50H27B5S. The highest BCUT2D eigenvalue weighted by Gasteiger charge is 2.21. The van der Waals surface area contributed by atoms with Gasteiger partial charge in [0.1, 0.15) is 39.2 Å². The van der Waals surface area contributed by atoms with Crippen LogP contribution in [0.5, 0.6) is 0 Å². The van der Waals surface area contributed by atoms with Gasteiger partial charge in [-0.05, 0) is 89.3 Å². The lowest BCUT2D eigenvalue weighted by Gasteiger charge is -2.25.